The van der Waals surface area contributed by atoms with Crippen molar-refractivity contribution >= 4 is 5.91 Å². The summed E-state index contributed by atoms with van der Waals surface area (Å²) in [7, 11) is 0. The third-order valence-corrected chi connectivity index (χ3v) is 3.44. The quantitative estimate of drug-likeness (QED) is 0.795. The van der Waals surface area contributed by atoms with E-state index >= 15 is 0 Å². The minimum atomic E-state index is -0.121. The van der Waals surface area contributed by atoms with Gasteiger partial charge in [-0.25, -0.2) is 0 Å². The Morgan fingerprint density at radius 3 is 3.06 bits per heavy atom. The SMILES string of the molecule is CCN1C[C@@H](CO)[C@H](NC(=O)c2cccnc2)C1. The highest BCUT2D eigenvalue weighted by molar-refractivity contribution is 5.94. The molecular weight excluding hydrogens is 230 g/mol. The Hall–Kier alpha value is -1.46. The van der Waals surface area contributed by atoms with Gasteiger partial charge in [-0.15, -0.1) is 0 Å². The number of aliphatic hydroxyl groups is 1. The van der Waals surface area contributed by atoms with Gasteiger partial charge in [0.1, 0.15) is 0 Å². The summed E-state index contributed by atoms with van der Waals surface area (Å²) in [5, 5.41) is 12.3. The van der Waals surface area contributed by atoms with Crippen molar-refractivity contribution in [3.63, 3.8) is 0 Å². The minimum absolute atomic E-state index is 0.0163. The molecule has 1 amide bonds. The standard InChI is InChI=1S/C13H19N3O2/c1-2-16-7-11(9-17)12(8-16)15-13(18)10-4-3-5-14-6-10/h3-6,11-12,17H,2,7-9H2,1H3,(H,15,18)/t11-,12+/m0/s1. The van der Waals surface area contributed by atoms with Gasteiger partial charge in [0.15, 0.2) is 0 Å². The van der Waals surface area contributed by atoms with E-state index in [1.165, 1.54) is 0 Å². The highest BCUT2D eigenvalue weighted by Gasteiger charge is 2.32. The molecule has 5 heteroatoms. The van der Waals surface area contributed by atoms with E-state index in [0.717, 1.165) is 19.6 Å². The summed E-state index contributed by atoms with van der Waals surface area (Å²) < 4.78 is 0. The van der Waals surface area contributed by atoms with Crippen LogP contribution in [0.25, 0.3) is 0 Å². The molecule has 18 heavy (non-hydrogen) atoms. The van der Waals surface area contributed by atoms with Crippen molar-refractivity contribution in [2.45, 2.75) is 13.0 Å². The third-order valence-electron chi connectivity index (χ3n) is 3.44. The third kappa shape index (κ3) is 2.86. The first-order valence-electron chi connectivity index (χ1n) is 6.28. The van der Waals surface area contributed by atoms with Crippen LogP contribution in [0.4, 0.5) is 0 Å². The van der Waals surface area contributed by atoms with Gasteiger partial charge < -0.3 is 15.3 Å². The van der Waals surface area contributed by atoms with Gasteiger partial charge in [0, 0.05) is 44.0 Å². The van der Waals surface area contributed by atoms with Crippen LogP contribution >= 0.6 is 0 Å². The van der Waals surface area contributed by atoms with Crippen LogP contribution in [0, 0.1) is 5.92 Å². The number of likely N-dealkylation sites (N-methyl/N-ethyl adjacent to an activating group) is 1. The Labute approximate surface area is 107 Å². The van der Waals surface area contributed by atoms with Crippen LogP contribution in [0.1, 0.15) is 17.3 Å². The fraction of sp³-hybridized carbons (Fsp3) is 0.538. The fourth-order valence-electron chi connectivity index (χ4n) is 2.32. The van der Waals surface area contributed by atoms with Gasteiger partial charge >= 0.3 is 0 Å². The number of hydrogen-bond donors (Lipinski definition) is 2. The minimum Gasteiger partial charge on any atom is -0.396 e. The molecule has 5 nitrogen and oxygen atoms in total. The summed E-state index contributed by atoms with van der Waals surface area (Å²) in [6, 6.07) is 3.50. The maximum Gasteiger partial charge on any atom is 0.253 e. The molecule has 98 valence electrons. The molecule has 0 aliphatic carbocycles. The molecule has 2 rings (SSSR count). The zero-order valence-corrected chi connectivity index (χ0v) is 10.5. The number of nitrogens with zero attached hydrogens (tertiary/aromatic N) is 2. The number of likely N-dealkylation sites (tertiary alicyclic amines) is 1. The summed E-state index contributed by atoms with van der Waals surface area (Å²) in [5.41, 5.74) is 0.559. The van der Waals surface area contributed by atoms with E-state index in [2.05, 4.69) is 22.1 Å². The molecule has 0 aromatic carbocycles. The molecule has 2 N–H and O–H groups in total. The first-order chi connectivity index (χ1) is 8.74. The van der Waals surface area contributed by atoms with E-state index in [0.29, 0.717) is 5.56 Å². The number of nitrogens with one attached hydrogen (secondary N) is 1. The highest BCUT2D eigenvalue weighted by Crippen LogP contribution is 2.16. The van der Waals surface area contributed by atoms with E-state index < -0.39 is 0 Å². The van der Waals surface area contributed by atoms with Crippen molar-refractivity contribution in [3.05, 3.63) is 30.1 Å². The second kappa shape index (κ2) is 5.93. The zero-order valence-electron chi connectivity index (χ0n) is 10.5. The topological polar surface area (TPSA) is 65.5 Å². The first kappa shape index (κ1) is 13.0. The van der Waals surface area contributed by atoms with Gasteiger partial charge in [-0.2, -0.15) is 0 Å². The van der Waals surface area contributed by atoms with Crippen LogP contribution in [-0.2, 0) is 0 Å². The maximum absolute atomic E-state index is 12.0. The van der Waals surface area contributed by atoms with Crippen molar-refractivity contribution in [1.29, 1.82) is 0 Å². The number of pyridine rings is 1. The normalized spacial score (nSPS) is 24.1. The molecule has 0 bridgehead atoms. The van der Waals surface area contributed by atoms with Crippen molar-refractivity contribution in [3.8, 4) is 0 Å². The molecule has 1 saturated heterocycles. The lowest BCUT2D eigenvalue weighted by atomic mass is 10.0. The molecule has 1 aromatic rings. The molecule has 1 fully saturated rings. The molecule has 2 atom stereocenters. The molecule has 0 unspecified atom stereocenters. The Bertz CT molecular complexity index is 396. The van der Waals surface area contributed by atoms with Crippen molar-refractivity contribution in [2.24, 2.45) is 5.92 Å². The van der Waals surface area contributed by atoms with E-state index in [4.69, 9.17) is 0 Å². The predicted octanol–water partition coefficient (Wildman–Crippen LogP) is 0.124. The highest BCUT2D eigenvalue weighted by atomic mass is 16.3. The molecule has 1 aliphatic rings. The van der Waals surface area contributed by atoms with E-state index in [9.17, 15) is 9.90 Å². The average molecular weight is 249 g/mol. The van der Waals surface area contributed by atoms with Gasteiger partial charge in [-0.1, -0.05) is 6.92 Å². The lowest BCUT2D eigenvalue weighted by Gasteiger charge is -2.17. The smallest absolute Gasteiger partial charge is 0.253 e. The lowest BCUT2D eigenvalue weighted by molar-refractivity contribution is 0.0921. The monoisotopic (exact) mass is 249 g/mol. The van der Waals surface area contributed by atoms with Crippen LogP contribution < -0.4 is 5.32 Å². The molecular formula is C13H19N3O2. The van der Waals surface area contributed by atoms with E-state index in [-0.39, 0.29) is 24.5 Å². The van der Waals surface area contributed by atoms with E-state index in [1.54, 1.807) is 24.5 Å². The second-order valence-corrected chi connectivity index (χ2v) is 4.62. The van der Waals surface area contributed by atoms with Gasteiger partial charge in [0.05, 0.1) is 5.56 Å². The fourth-order valence-corrected chi connectivity index (χ4v) is 2.32. The zero-order chi connectivity index (χ0) is 13.0. The molecule has 1 aromatic heterocycles. The van der Waals surface area contributed by atoms with Gasteiger partial charge in [0.25, 0.3) is 5.91 Å². The second-order valence-electron chi connectivity index (χ2n) is 4.62. The predicted molar refractivity (Wildman–Crippen MR) is 68.2 cm³/mol. The average Bonchev–Trinajstić information content (AvgIpc) is 2.82. The lowest BCUT2D eigenvalue weighted by Crippen LogP contribution is -2.41. The molecule has 2 heterocycles. The van der Waals surface area contributed by atoms with Crippen LogP contribution in [0.2, 0.25) is 0 Å². The Kier molecular flexibility index (Phi) is 4.28. The number of carbonyl (C=O) groups is 1. The number of amides is 1. The van der Waals surface area contributed by atoms with Gasteiger partial charge in [0.2, 0.25) is 0 Å². The largest absolute Gasteiger partial charge is 0.396 e. The van der Waals surface area contributed by atoms with Crippen molar-refractivity contribution in [1.82, 2.24) is 15.2 Å². The summed E-state index contributed by atoms with van der Waals surface area (Å²) in [4.78, 5) is 18.2. The summed E-state index contributed by atoms with van der Waals surface area (Å²) in [6.45, 7) is 4.77. The maximum atomic E-state index is 12.0. The number of rotatable bonds is 4. The number of aliphatic hydroxyl groups excluding tert-OH is 1. The van der Waals surface area contributed by atoms with Crippen molar-refractivity contribution < 1.29 is 9.90 Å². The molecule has 0 spiro atoms. The number of carbonyl (C=O) groups excluding carboxylic acids is 1. The summed E-state index contributed by atoms with van der Waals surface area (Å²) in [5.74, 6) is -0.00456. The summed E-state index contributed by atoms with van der Waals surface area (Å²) in [6.07, 6.45) is 3.19. The van der Waals surface area contributed by atoms with Crippen LogP contribution in [0.3, 0.4) is 0 Å². The van der Waals surface area contributed by atoms with Crippen LogP contribution in [-0.4, -0.2) is 53.2 Å². The van der Waals surface area contributed by atoms with Gasteiger partial charge in [-0.05, 0) is 18.7 Å². The number of aromatic nitrogens is 1. The molecule has 0 saturated carbocycles. The first-order valence-corrected chi connectivity index (χ1v) is 6.28. The Balaban J connectivity index is 1.98. The van der Waals surface area contributed by atoms with Crippen LogP contribution in [0.15, 0.2) is 24.5 Å². The van der Waals surface area contributed by atoms with Crippen molar-refractivity contribution in [2.75, 3.05) is 26.2 Å². The van der Waals surface area contributed by atoms with Gasteiger partial charge in [-0.3, -0.25) is 9.78 Å². The molecule has 0 radical (unpaired) electrons. The van der Waals surface area contributed by atoms with E-state index in [1.807, 2.05) is 0 Å². The molecule has 1 aliphatic heterocycles. The Morgan fingerprint density at radius 2 is 2.44 bits per heavy atom. The van der Waals surface area contributed by atoms with Crippen LogP contribution in [0.5, 0.6) is 0 Å². The Morgan fingerprint density at radius 1 is 1.61 bits per heavy atom. The number of hydrogen-bond acceptors (Lipinski definition) is 4. The summed E-state index contributed by atoms with van der Waals surface area (Å²) >= 11 is 0.